The van der Waals surface area contributed by atoms with Gasteiger partial charge in [-0.3, -0.25) is 0 Å². The molecule has 2 rings (SSSR count). The molecule has 0 bridgehead atoms. The van der Waals surface area contributed by atoms with Crippen molar-refractivity contribution >= 4 is 12.0 Å². The van der Waals surface area contributed by atoms with Crippen LogP contribution in [-0.4, -0.2) is 51.3 Å². The van der Waals surface area contributed by atoms with E-state index in [-0.39, 0.29) is 18.2 Å². The smallest absolute Gasteiger partial charge is 0.329 e. The SMILES string of the molecule is CCC1(C(=O)O)CCCN1C(=O)NC1CCC(O)CC1. The Labute approximate surface area is 119 Å². The van der Waals surface area contributed by atoms with E-state index in [0.29, 0.717) is 32.2 Å². The first-order valence-electron chi connectivity index (χ1n) is 7.49. The highest BCUT2D eigenvalue weighted by Gasteiger charge is 2.48. The Morgan fingerprint density at radius 1 is 1.30 bits per heavy atom. The number of rotatable bonds is 3. The minimum absolute atomic E-state index is 0.0508. The van der Waals surface area contributed by atoms with Crippen LogP contribution in [0.25, 0.3) is 0 Å². The molecule has 1 saturated carbocycles. The summed E-state index contributed by atoms with van der Waals surface area (Å²) >= 11 is 0. The molecule has 20 heavy (non-hydrogen) atoms. The van der Waals surface area contributed by atoms with Crippen molar-refractivity contribution in [3.05, 3.63) is 0 Å². The maximum atomic E-state index is 12.4. The second kappa shape index (κ2) is 5.99. The Morgan fingerprint density at radius 2 is 1.95 bits per heavy atom. The first kappa shape index (κ1) is 15.1. The van der Waals surface area contributed by atoms with E-state index in [0.717, 1.165) is 19.3 Å². The molecule has 2 aliphatic rings. The lowest BCUT2D eigenvalue weighted by atomic mass is 9.92. The molecule has 114 valence electrons. The number of hydrogen-bond acceptors (Lipinski definition) is 3. The quantitative estimate of drug-likeness (QED) is 0.729. The lowest BCUT2D eigenvalue weighted by Crippen LogP contribution is -2.57. The summed E-state index contributed by atoms with van der Waals surface area (Å²) in [7, 11) is 0. The van der Waals surface area contributed by atoms with Crippen LogP contribution in [0.3, 0.4) is 0 Å². The molecular weight excluding hydrogens is 260 g/mol. The van der Waals surface area contributed by atoms with Crippen molar-refractivity contribution in [1.82, 2.24) is 10.2 Å². The Bertz CT molecular complexity index is 379. The molecule has 6 nitrogen and oxygen atoms in total. The van der Waals surface area contributed by atoms with Gasteiger partial charge in [0.1, 0.15) is 5.54 Å². The number of urea groups is 1. The highest BCUT2D eigenvalue weighted by molar-refractivity contribution is 5.87. The third-order valence-corrected chi connectivity index (χ3v) is 4.74. The fourth-order valence-electron chi connectivity index (χ4n) is 3.39. The zero-order valence-corrected chi connectivity index (χ0v) is 12.0. The second-order valence-corrected chi connectivity index (χ2v) is 5.90. The van der Waals surface area contributed by atoms with Gasteiger partial charge in [-0.15, -0.1) is 0 Å². The number of hydrogen-bond donors (Lipinski definition) is 3. The number of carbonyl (C=O) groups is 2. The van der Waals surface area contributed by atoms with Gasteiger partial charge in [-0.25, -0.2) is 9.59 Å². The van der Waals surface area contributed by atoms with Gasteiger partial charge in [0.25, 0.3) is 0 Å². The molecule has 6 heteroatoms. The fourth-order valence-corrected chi connectivity index (χ4v) is 3.39. The Kier molecular flexibility index (Phi) is 4.52. The summed E-state index contributed by atoms with van der Waals surface area (Å²) in [6, 6.07) is -0.219. The summed E-state index contributed by atoms with van der Waals surface area (Å²) in [6.45, 7) is 2.32. The lowest BCUT2D eigenvalue weighted by Gasteiger charge is -2.36. The van der Waals surface area contributed by atoms with Crippen LogP contribution < -0.4 is 5.32 Å². The summed E-state index contributed by atoms with van der Waals surface area (Å²) in [5, 5.41) is 21.9. The van der Waals surface area contributed by atoms with E-state index in [2.05, 4.69) is 5.32 Å². The average Bonchev–Trinajstić information content (AvgIpc) is 2.86. The van der Waals surface area contributed by atoms with Crippen LogP contribution in [0.4, 0.5) is 4.79 Å². The maximum absolute atomic E-state index is 12.4. The van der Waals surface area contributed by atoms with E-state index >= 15 is 0 Å². The van der Waals surface area contributed by atoms with Crippen molar-refractivity contribution < 1.29 is 19.8 Å². The molecule has 1 unspecified atom stereocenters. The van der Waals surface area contributed by atoms with E-state index in [9.17, 15) is 19.8 Å². The minimum atomic E-state index is -1.04. The molecule has 1 aliphatic heterocycles. The first-order valence-corrected chi connectivity index (χ1v) is 7.49. The van der Waals surface area contributed by atoms with Gasteiger partial charge in [0.2, 0.25) is 0 Å². The Balaban J connectivity index is 1.99. The summed E-state index contributed by atoms with van der Waals surface area (Å²) < 4.78 is 0. The van der Waals surface area contributed by atoms with E-state index in [1.165, 1.54) is 4.90 Å². The highest BCUT2D eigenvalue weighted by Crippen LogP contribution is 2.33. The number of amides is 2. The molecule has 0 aromatic carbocycles. The molecule has 3 N–H and O–H groups in total. The predicted octanol–water partition coefficient (Wildman–Crippen LogP) is 1.33. The van der Waals surface area contributed by atoms with E-state index in [1.807, 2.05) is 6.92 Å². The zero-order valence-electron chi connectivity index (χ0n) is 12.0. The number of nitrogens with zero attached hydrogens (tertiary/aromatic N) is 1. The van der Waals surface area contributed by atoms with Crippen LogP contribution in [0.2, 0.25) is 0 Å². The summed E-state index contributed by atoms with van der Waals surface area (Å²) in [4.78, 5) is 25.4. The van der Waals surface area contributed by atoms with Crippen molar-refractivity contribution in [2.75, 3.05) is 6.54 Å². The summed E-state index contributed by atoms with van der Waals surface area (Å²) in [6.07, 6.45) is 4.33. The van der Waals surface area contributed by atoms with Crippen LogP contribution in [0.15, 0.2) is 0 Å². The normalized spacial score (nSPS) is 34.0. The summed E-state index contributed by atoms with van der Waals surface area (Å²) in [5.41, 5.74) is -1.04. The third kappa shape index (κ3) is 2.75. The Morgan fingerprint density at radius 3 is 2.50 bits per heavy atom. The number of nitrogens with one attached hydrogen (secondary N) is 1. The zero-order chi connectivity index (χ0) is 14.8. The fraction of sp³-hybridized carbons (Fsp3) is 0.857. The van der Waals surface area contributed by atoms with Gasteiger partial charge in [-0.1, -0.05) is 6.92 Å². The van der Waals surface area contributed by atoms with Gasteiger partial charge in [0.15, 0.2) is 0 Å². The molecule has 0 spiro atoms. The molecule has 2 fully saturated rings. The number of carboxylic acids is 1. The van der Waals surface area contributed by atoms with Crippen LogP contribution in [0, 0.1) is 0 Å². The van der Waals surface area contributed by atoms with Gasteiger partial charge < -0.3 is 20.4 Å². The second-order valence-electron chi connectivity index (χ2n) is 5.90. The maximum Gasteiger partial charge on any atom is 0.329 e. The minimum Gasteiger partial charge on any atom is -0.479 e. The van der Waals surface area contributed by atoms with Crippen LogP contribution in [-0.2, 0) is 4.79 Å². The van der Waals surface area contributed by atoms with Crippen LogP contribution >= 0.6 is 0 Å². The van der Waals surface area contributed by atoms with Crippen LogP contribution in [0.5, 0.6) is 0 Å². The van der Waals surface area contributed by atoms with E-state index < -0.39 is 11.5 Å². The third-order valence-electron chi connectivity index (χ3n) is 4.74. The van der Waals surface area contributed by atoms with Crippen molar-refractivity contribution in [1.29, 1.82) is 0 Å². The van der Waals surface area contributed by atoms with Crippen molar-refractivity contribution in [3.8, 4) is 0 Å². The van der Waals surface area contributed by atoms with Crippen molar-refractivity contribution in [2.45, 2.75) is 69.6 Å². The van der Waals surface area contributed by atoms with Gasteiger partial charge in [0.05, 0.1) is 6.10 Å². The number of likely N-dealkylation sites (tertiary alicyclic amines) is 1. The van der Waals surface area contributed by atoms with E-state index in [4.69, 9.17) is 0 Å². The molecule has 0 aromatic rings. The average molecular weight is 284 g/mol. The van der Waals surface area contributed by atoms with Gasteiger partial charge in [0, 0.05) is 12.6 Å². The lowest BCUT2D eigenvalue weighted by molar-refractivity contribution is -0.148. The number of aliphatic hydroxyl groups is 1. The van der Waals surface area contributed by atoms with Crippen LogP contribution in [0.1, 0.15) is 51.9 Å². The van der Waals surface area contributed by atoms with Gasteiger partial charge in [-0.2, -0.15) is 0 Å². The van der Waals surface area contributed by atoms with Gasteiger partial charge in [-0.05, 0) is 44.9 Å². The molecule has 0 radical (unpaired) electrons. The molecule has 1 saturated heterocycles. The molecular formula is C14H24N2O4. The first-order chi connectivity index (χ1) is 9.49. The summed E-state index contributed by atoms with van der Waals surface area (Å²) in [5.74, 6) is -0.910. The van der Waals surface area contributed by atoms with Gasteiger partial charge >= 0.3 is 12.0 Å². The van der Waals surface area contributed by atoms with E-state index in [1.54, 1.807) is 0 Å². The molecule has 1 atom stereocenters. The Hall–Kier alpha value is -1.30. The standard InChI is InChI=1S/C14H24N2O4/c1-2-14(12(18)19)8-3-9-16(14)13(20)15-10-4-6-11(17)7-5-10/h10-11,17H,2-9H2,1H3,(H,15,20)(H,18,19). The number of aliphatic hydroxyl groups excluding tert-OH is 1. The predicted molar refractivity (Wildman–Crippen MR) is 73.4 cm³/mol. The molecule has 2 amide bonds. The number of carboxylic acid groups (broad SMARTS) is 1. The largest absolute Gasteiger partial charge is 0.479 e. The molecule has 0 aromatic heterocycles. The van der Waals surface area contributed by atoms with Crippen molar-refractivity contribution in [2.24, 2.45) is 0 Å². The highest BCUT2D eigenvalue weighted by atomic mass is 16.4. The molecule has 1 heterocycles. The monoisotopic (exact) mass is 284 g/mol. The topological polar surface area (TPSA) is 89.9 Å². The van der Waals surface area contributed by atoms with Crippen molar-refractivity contribution in [3.63, 3.8) is 0 Å². The number of carbonyl (C=O) groups excluding carboxylic acids is 1. The molecule has 1 aliphatic carbocycles. The number of aliphatic carboxylic acids is 1.